The lowest BCUT2D eigenvalue weighted by Crippen LogP contribution is -2.70. The van der Waals surface area contributed by atoms with Gasteiger partial charge in [-0.25, -0.2) is 4.57 Å². The number of aromatic nitrogens is 2. The lowest BCUT2D eigenvalue weighted by Gasteiger charge is -2.43. The lowest BCUT2D eigenvalue weighted by atomic mass is 9.75. The Morgan fingerprint density at radius 3 is 2.24 bits per heavy atom. The van der Waals surface area contributed by atoms with Crippen LogP contribution in [0.4, 0.5) is 5.69 Å². The van der Waals surface area contributed by atoms with Crippen molar-refractivity contribution in [3.63, 3.8) is 0 Å². The molecule has 4 aliphatic rings. The zero-order valence-electron chi connectivity index (χ0n) is 28.0. The SMILES string of the molecule is CN1C(c2ccc(-c3ccccc3)cc2)=CN2c3cc(C(C)(C)C)cc4c3C3(c5c(ccc6c7ccccc7n(c56)-c5cccc[n+]53)O4)C12. The van der Waals surface area contributed by atoms with E-state index in [1.165, 1.54) is 66.6 Å². The number of likely N-dealkylation sites (N-methyl/N-ethyl adjacent to an activating group) is 1. The van der Waals surface area contributed by atoms with Crippen LogP contribution in [-0.4, -0.2) is 22.7 Å². The van der Waals surface area contributed by atoms with Crippen molar-refractivity contribution in [1.29, 1.82) is 0 Å². The Morgan fingerprint density at radius 2 is 1.43 bits per heavy atom. The van der Waals surface area contributed by atoms with E-state index in [0.29, 0.717) is 0 Å². The molecule has 0 fully saturated rings. The van der Waals surface area contributed by atoms with Gasteiger partial charge in [0.1, 0.15) is 17.0 Å². The van der Waals surface area contributed by atoms with Crippen molar-refractivity contribution in [3.8, 4) is 28.4 Å². The third-order valence-corrected chi connectivity index (χ3v) is 11.4. The molecule has 5 heteroatoms. The van der Waals surface area contributed by atoms with E-state index in [2.05, 4.69) is 180 Å². The Labute approximate surface area is 285 Å². The number of hydrogen-bond donors (Lipinski definition) is 0. The summed E-state index contributed by atoms with van der Waals surface area (Å²) in [5.41, 5.74) is 11.6. The maximum Gasteiger partial charge on any atom is 0.288 e. The molecule has 1 spiro atoms. The van der Waals surface area contributed by atoms with E-state index in [-0.39, 0.29) is 11.6 Å². The average Bonchev–Trinajstić information content (AvgIpc) is 3.75. The molecule has 236 valence electrons. The van der Waals surface area contributed by atoms with Crippen molar-refractivity contribution >= 4 is 33.2 Å². The second-order valence-electron chi connectivity index (χ2n) is 15.0. The molecular formula is C44H35N4O+. The van der Waals surface area contributed by atoms with Crippen molar-refractivity contribution in [1.82, 2.24) is 9.47 Å². The Morgan fingerprint density at radius 1 is 0.694 bits per heavy atom. The molecule has 5 nitrogen and oxygen atoms in total. The molecule has 0 radical (unpaired) electrons. The van der Waals surface area contributed by atoms with Gasteiger partial charge in [-0.1, -0.05) is 93.6 Å². The summed E-state index contributed by atoms with van der Waals surface area (Å²) in [5.74, 6) is 3.04. The van der Waals surface area contributed by atoms with Crippen LogP contribution in [0.25, 0.3) is 44.4 Å². The van der Waals surface area contributed by atoms with Gasteiger partial charge < -0.3 is 14.5 Å². The highest BCUT2D eigenvalue weighted by Crippen LogP contribution is 2.63. The number of benzene rings is 5. The molecule has 2 aromatic heterocycles. The van der Waals surface area contributed by atoms with Crippen molar-refractivity contribution < 1.29 is 9.30 Å². The van der Waals surface area contributed by atoms with E-state index in [1.807, 2.05) is 0 Å². The molecule has 6 heterocycles. The van der Waals surface area contributed by atoms with E-state index in [4.69, 9.17) is 4.74 Å². The molecule has 0 aliphatic carbocycles. The Kier molecular flexibility index (Phi) is 4.99. The summed E-state index contributed by atoms with van der Waals surface area (Å²) >= 11 is 0. The number of pyridine rings is 1. The summed E-state index contributed by atoms with van der Waals surface area (Å²) in [7, 11) is 2.27. The number of anilines is 1. The summed E-state index contributed by atoms with van der Waals surface area (Å²) in [6.07, 6.45) is 4.60. The fourth-order valence-corrected chi connectivity index (χ4v) is 9.25. The van der Waals surface area contributed by atoms with Gasteiger partial charge in [0.05, 0.1) is 28.7 Å². The van der Waals surface area contributed by atoms with Crippen LogP contribution in [0.1, 0.15) is 43.0 Å². The van der Waals surface area contributed by atoms with Gasteiger partial charge in [-0.15, -0.1) is 0 Å². The Hall–Kier alpha value is -5.81. The molecule has 0 amide bonds. The molecule has 0 N–H and O–H groups in total. The predicted octanol–water partition coefficient (Wildman–Crippen LogP) is 9.34. The molecule has 2 unspecified atom stereocenters. The zero-order chi connectivity index (χ0) is 32.8. The fourth-order valence-electron chi connectivity index (χ4n) is 9.25. The molecule has 4 aliphatic heterocycles. The number of nitrogens with zero attached hydrogens (tertiary/aromatic N) is 4. The van der Waals surface area contributed by atoms with Crippen LogP contribution in [0.5, 0.6) is 11.5 Å². The molecule has 0 saturated heterocycles. The lowest BCUT2D eigenvalue weighted by molar-refractivity contribution is -0.743. The van der Waals surface area contributed by atoms with Crippen LogP contribution >= 0.6 is 0 Å². The van der Waals surface area contributed by atoms with E-state index in [1.54, 1.807) is 0 Å². The van der Waals surface area contributed by atoms with Gasteiger partial charge in [0.15, 0.2) is 11.7 Å². The number of rotatable bonds is 2. The molecule has 11 rings (SSSR count). The van der Waals surface area contributed by atoms with Gasteiger partial charge in [0, 0.05) is 30.1 Å². The van der Waals surface area contributed by atoms with Gasteiger partial charge in [0.25, 0.3) is 5.82 Å². The summed E-state index contributed by atoms with van der Waals surface area (Å²) < 4.78 is 12.1. The third-order valence-electron chi connectivity index (χ3n) is 11.4. The Balaban J connectivity index is 1.22. The molecule has 49 heavy (non-hydrogen) atoms. The first-order valence-corrected chi connectivity index (χ1v) is 17.2. The van der Waals surface area contributed by atoms with Crippen molar-refractivity contribution in [2.24, 2.45) is 0 Å². The van der Waals surface area contributed by atoms with Gasteiger partial charge in [-0.3, -0.25) is 0 Å². The molecule has 0 saturated carbocycles. The third kappa shape index (κ3) is 3.23. The van der Waals surface area contributed by atoms with Crippen molar-refractivity contribution in [2.75, 3.05) is 11.9 Å². The maximum atomic E-state index is 7.05. The minimum Gasteiger partial charge on any atom is -0.456 e. The van der Waals surface area contributed by atoms with Crippen LogP contribution in [0, 0.1) is 0 Å². The average molecular weight is 636 g/mol. The van der Waals surface area contributed by atoms with E-state index < -0.39 is 5.54 Å². The molecular weight excluding hydrogens is 601 g/mol. The van der Waals surface area contributed by atoms with Crippen LogP contribution in [-0.2, 0) is 11.0 Å². The highest BCUT2D eigenvalue weighted by atomic mass is 16.5. The minimum atomic E-state index is -0.577. The number of ether oxygens (including phenoxy) is 1. The van der Waals surface area contributed by atoms with Gasteiger partial charge in [0.2, 0.25) is 5.54 Å². The first kappa shape index (κ1) is 27.2. The largest absolute Gasteiger partial charge is 0.456 e. The number of hydrogen-bond acceptors (Lipinski definition) is 3. The fraction of sp³-hybridized carbons (Fsp3) is 0.159. The number of fused-ring (bicyclic) bond motifs is 7. The van der Waals surface area contributed by atoms with Crippen LogP contribution < -0.4 is 14.2 Å². The predicted molar refractivity (Wildman–Crippen MR) is 196 cm³/mol. The van der Waals surface area contributed by atoms with E-state index in [9.17, 15) is 0 Å². The molecule has 2 atom stereocenters. The molecule has 5 aromatic carbocycles. The van der Waals surface area contributed by atoms with Crippen molar-refractivity contribution in [3.05, 3.63) is 156 Å². The molecule has 0 bridgehead atoms. The highest BCUT2D eigenvalue weighted by Gasteiger charge is 2.68. The summed E-state index contributed by atoms with van der Waals surface area (Å²) in [5, 5.41) is 2.52. The normalized spacial score (nSPS) is 19.5. The van der Waals surface area contributed by atoms with Crippen molar-refractivity contribution in [2.45, 2.75) is 37.9 Å². The summed E-state index contributed by atoms with van der Waals surface area (Å²) in [6.45, 7) is 6.87. The first-order chi connectivity index (χ1) is 23.9. The second-order valence-corrected chi connectivity index (χ2v) is 15.0. The summed E-state index contributed by atoms with van der Waals surface area (Å²) in [6, 6.07) is 44.3. The van der Waals surface area contributed by atoms with E-state index in [0.717, 1.165) is 17.3 Å². The van der Waals surface area contributed by atoms with Gasteiger partial charge >= 0.3 is 0 Å². The Bertz CT molecular complexity index is 2590. The molecule has 7 aromatic rings. The minimum absolute atomic E-state index is 0.0557. The van der Waals surface area contributed by atoms with Crippen LogP contribution in [0.15, 0.2) is 134 Å². The van der Waals surface area contributed by atoms with Gasteiger partial charge in [-0.05, 0) is 70.1 Å². The quantitative estimate of drug-likeness (QED) is 0.177. The second kappa shape index (κ2) is 9.00. The van der Waals surface area contributed by atoms with Crippen LogP contribution in [0.3, 0.4) is 0 Å². The highest BCUT2D eigenvalue weighted by molar-refractivity contribution is 6.12. The maximum absolute atomic E-state index is 7.05. The standard InChI is InChI=1S/C44H35N4O/c1-43(2,3)30-24-34-39-37(25-30)49-36-22-21-32-31-14-8-9-15-33(31)48-38-16-10-11-23-47(38)44(39,40(36)41(32)48)42-45(4)35(26-46(34)42)29-19-17-28(18-20-29)27-12-6-5-7-13-27/h5-26,42H,1-4H3/q+1. The van der Waals surface area contributed by atoms with Crippen LogP contribution in [0.2, 0.25) is 0 Å². The number of para-hydroxylation sites is 1. The first-order valence-electron chi connectivity index (χ1n) is 17.2. The smallest absolute Gasteiger partial charge is 0.288 e. The topological polar surface area (TPSA) is 24.5 Å². The monoisotopic (exact) mass is 635 g/mol. The van der Waals surface area contributed by atoms with Gasteiger partial charge in [-0.2, -0.15) is 4.57 Å². The summed E-state index contributed by atoms with van der Waals surface area (Å²) in [4.78, 5) is 5.04. The zero-order valence-corrected chi connectivity index (χ0v) is 28.0. The van der Waals surface area contributed by atoms with E-state index >= 15 is 0 Å².